The number of hydrogen-bond donors (Lipinski definition) is 0. The first-order valence-corrected chi connectivity index (χ1v) is 10.3. The zero-order chi connectivity index (χ0) is 19.6. The maximum Gasteiger partial charge on any atom is 0.249 e. The van der Waals surface area contributed by atoms with Crippen molar-refractivity contribution in [2.45, 2.75) is 58.5 Å². The molecule has 1 aromatic heterocycles. The van der Waals surface area contributed by atoms with Crippen molar-refractivity contribution in [3.05, 3.63) is 40.1 Å². The Labute approximate surface area is 164 Å². The highest BCUT2D eigenvalue weighted by Gasteiger charge is 2.40. The summed E-state index contributed by atoms with van der Waals surface area (Å²) < 4.78 is 0. The summed E-state index contributed by atoms with van der Waals surface area (Å²) in [5, 5.41) is 2.32. The minimum Gasteiger partial charge on any atom is -0.340 e. The molecule has 0 bridgehead atoms. The van der Waals surface area contributed by atoms with Gasteiger partial charge < -0.3 is 9.80 Å². The molecule has 144 valence electrons. The molecule has 1 fully saturated rings. The quantitative estimate of drug-likeness (QED) is 0.725. The highest BCUT2D eigenvalue weighted by atomic mass is 32.1. The zero-order valence-corrected chi connectivity index (χ0v) is 17.1. The summed E-state index contributed by atoms with van der Waals surface area (Å²) in [6.45, 7) is 6.17. The van der Waals surface area contributed by atoms with Crippen LogP contribution >= 0.6 is 11.3 Å². The van der Waals surface area contributed by atoms with Gasteiger partial charge in [-0.3, -0.25) is 9.59 Å². The molecule has 27 heavy (non-hydrogen) atoms. The summed E-state index contributed by atoms with van der Waals surface area (Å²) >= 11 is 1.35. The molecule has 7 heteroatoms. The second kappa shape index (κ2) is 8.17. The van der Waals surface area contributed by atoms with Gasteiger partial charge in [-0.2, -0.15) is 0 Å². The van der Waals surface area contributed by atoms with Crippen LogP contribution in [0.25, 0.3) is 0 Å². The number of allylic oxidation sites excluding steroid dienone is 3. The summed E-state index contributed by atoms with van der Waals surface area (Å²) in [6.07, 6.45) is 8.29. The molecule has 0 N–H and O–H groups in total. The number of hydrogen-bond acceptors (Lipinski definition) is 6. The Kier molecular flexibility index (Phi) is 5.89. The Morgan fingerprint density at radius 1 is 1.33 bits per heavy atom. The van der Waals surface area contributed by atoms with Gasteiger partial charge in [0.15, 0.2) is 16.6 Å². The number of aromatic nitrogens is 1. The number of ketones is 1. The van der Waals surface area contributed by atoms with Crippen LogP contribution in [-0.2, 0) is 4.79 Å². The Bertz CT molecular complexity index is 808. The monoisotopic (exact) mass is 386 g/mol. The smallest absolute Gasteiger partial charge is 0.249 e. The van der Waals surface area contributed by atoms with E-state index < -0.39 is 0 Å². The maximum absolute atomic E-state index is 12.9. The van der Waals surface area contributed by atoms with Crippen molar-refractivity contribution in [2.24, 2.45) is 4.99 Å². The standard InChI is InChI=1S/C20H26N4O2S/c1-5-15-20(26)23(4)16-9-7-6-8-14(22-18(16)24(15)13(2)3)12-17(25)19-21-10-11-27-19/h8-11,13,15H,5-7,12H2,1-4H3. The van der Waals surface area contributed by atoms with Gasteiger partial charge in [0.2, 0.25) is 5.91 Å². The van der Waals surface area contributed by atoms with Crippen LogP contribution in [0, 0.1) is 0 Å². The van der Waals surface area contributed by atoms with E-state index in [1.54, 1.807) is 16.5 Å². The summed E-state index contributed by atoms with van der Waals surface area (Å²) in [5.41, 5.74) is 1.59. The van der Waals surface area contributed by atoms with E-state index in [4.69, 9.17) is 4.99 Å². The van der Waals surface area contributed by atoms with Crippen molar-refractivity contribution in [2.75, 3.05) is 7.05 Å². The Morgan fingerprint density at radius 3 is 2.70 bits per heavy atom. The molecule has 0 saturated carbocycles. The molecule has 1 aromatic rings. The van der Waals surface area contributed by atoms with Gasteiger partial charge in [0, 0.05) is 30.4 Å². The van der Waals surface area contributed by atoms with Gasteiger partial charge in [-0.1, -0.05) is 19.1 Å². The number of nitrogens with zero attached hydrogens (tertiary/aromatic N) is 4. The molecule has 0 radical (unpaired) electrons. The van der Waals surface area contributed by atoms with Crippen molar-refractivity contribution in [1.82, 2.24) is 14.8 Å². The number of fused-ring (bicyclic) bond motifs is 1. The maximum atomic E-state index is 12.9. The molecular formula is C20H26N4O2S. The number of piperazine rings is 1. The van der Waals surface area contributed by atoms with Crippen LogP contribution in [-0.4, -0.2) is 51.4 Å². The minimum absolute atomic E-state index is 0.0184. The van der Waals surface area contributed by atoms with Gasteiger partial charge in [-0.05, 0) is 33.1 Å². The van der Waals surface area contributed by atoms with Crippen LogP contribution in [0.5, 0.6) is 0 Å². The second-order valence-corrected chi connectivity index (χ2v) is 7.95. The van der Waals surface area contributed by atoms with Crippen LogP contribution in [0.1, 0.15) is 56.3 Å². The van der Waals surface area contributed by atoms with Crippen LogP contribution in [0.3, 0.4) is 0 Å². The zero-order valence-electron chi connectivity index (χ0n) is 16.3. The van der Waals surface area contributed by atoms with Gasteiger partial charge in [0.05, 0.1) is 12.1 Å². The van der Waals surface area contributed by atoms with E-state index in [-0.39, 0.29) is 30.2 Å². The SMILES string of the molecule is CCC1C(=O)N(C)C2=CCCC=C(CC(=O)c3nccs3)N=C2N1C(C)C. The molecule has 3 heterocycles. The summed E-state index contributed by atoms with van der Waals surface area (Å²) in [7, 11) is 1.82. The number of amides is 1. The van der Waals surface area contributed by atoms with Crippen molar-refractivity contribution < 1.29 is 9.59 Å². The van der Waals surface area contributed by atoms with Crippen molar-refractivity contribution in [3.63, 3.8) is 0 Å². The fourth-order valence-electron chi connectivity index (χ4n) is 3.57. The van der Waals surface area contributed by atoms with E-state index in [9.17, 15) is 9.59 Å². The third-order valence-electron chi connectivity index (χ3n) is 4.88. The number of Topliss-reactive ketones (excluding diaryl/α,β-unsaturated/α-hetero) is 1. The normalized spacial score (nSPS) is 20.6. The molecule has 1 saturated heterocycles. The van der Waals surface area contributed by atoms with E-state index in [1.165, 1.54) is 11.3 Å². The topological polar surface area (TPSA) is 65.9 Å². The molecule has 0 spiro atoms. The first kappa shape index (κ1) is 19.5. The number of likely N-dealkylation sites (N-methyl/N-ethyl adjacent to an activating group) is 1. The molecule has 1 atom stereocenters. The summed E-state index contributed by atoms with van der Waals surface area (Å²) in [6, 6.07) is -0.105. The minimum atomic E-state index is -0.235. The molecular weight excluding hydrogens is 360 g/mol. The lowest BCUT2D eigenvalue weighted by atomic mass is 10.0. The highest BCUT2D eigenvalue weighted by Crippen LogP contribution is 2.28. The van der Waals surface area contributed by atoms with Gasteiger partial charge in [-0.15, -0.1) is 11.3 Å². The molecule has 3 rings (SSSR count). The van der Waals surface area contributed by atoms with Crippen molar-refractivity contribution in [3.8, 4) is 0 Å². The molecule has 6 nitrogen and oxygen atoms in total. The number of thiazole rings is 1. The van der Waals surface area contributed by atoms with Crippen molar-refractivity contribution in [1.29, 1.82) is 0 Å². The molecule has 2 aliphatic heterocycles. The number of aliphatic imine (C=N–C) groups is 1. The third-order valence-corrected chi connectivity index (χ3v) is 5.69. The average Bonchev–Trinajstić information content (AvgIpc) is 3.15. The predicted molar refractivity (Wildman–Crippen MR) is 108 cm³/mol. The molecule has 2 aliphatic rings. The first-order valence-electron chi connectivity index (χ1n) is 9.40. The van der Waals surface area contributed by atoms with Crippen LogP contribution in [0.2, 0.25) is 0 Å². The molecule has 1 amide bonds. The van der Waals surface area contributed by atoms with E-state index in [0.717, 1.165) is 30.1 Å². The summed E-state index contributed by atoms with van der Waals surface area (Å²) in [5.74, 6) is 0.869. The molecule has 0 aliphatic carbocycles. The molecule has 0 aromatic carbocycles. The van der Waals surface area contributed by atoms with Crippen LogP contribution in [0.4, 0.5) is 0 Å². The highest BCUT2D eigenvalue weighted by molar-refractivity contribution is 7.11. The van der Waals surface area contributed by atoms with Crippen molar-refractivity contribution >= 4 is 28.9 Å². The number of rotatable bonds is 5. The average molecular weight is 387 g/mol. The fraction of sp³-hybridized carbons (Fsp3) is 0.500. The largest absolute Gasteiger partial charge is 0.340 e. The Hall–Kier alpha value is -2.28. The lowest BCUT2D eigenvalue weighted by molar-refractivity contribution is -0.134. The third kappa shape index (κ3) is 3.88. The van der Waals surface area contributed by atoms with Crippen LogP contribution < -0.4 is 0 Å². The van der Waals surface area contributed by atoms with Gasteiger partial charge in [-0.25, -0.2) is 9.98 Å². The lowest BCUT2D eigenvalue weighted by Crippen LogP contribution is -2.59. The number of carbonyl (C=O) groups excluding carboxylic acids is 2. The van der Waals surface area contributed by atoms with Gasteiger partial charge in [0.1, 0.15) is 6.04 Å². The number of amidine groups is 1. The van der Waals surface area contributed by atoms with Gasteiger partial charge in [0.25, 0.3) is 0 Å². The van der Waals surface area contributed by atoms with E-state index >= 15 is 0 Å². The Balaban J connectivity index is 2.00. The Morgan fingerprint density at radius 2 is 2.07 bits per heavy atom. The van der Waals surface area contributed by atoms with E-state index in [1.807, 2.05) is 20.0 Å². The first-order chi connectivity index (χ1) is 12.9. The van der Waals surface area contributed by atoms with Crippen LogP contribution in [0.15, 0.2) is 40.1 Å². The fourth-order valence-corrected chi connectivity index (χ4v) is 4.15. The second-order valence-electron chi connectivity index (χ2n) is 7.06. The predicted octanol–water partition coefficient (Wildman–Crippen LogP) is 3.64. The van der Waals surface area contributed by atoms with Gasteiger partial charge >= 0.3 is 0 Å². The molecule has 1 unspecified atom stereocenters. The number of carbonyl (C=O) groups is 2. The van der Waals surface area contributed by atoms with E-state index in [2.05, 4.69) is 29.8 Å². The van der Waals surface area contributed by atoms with E-state index in [0.29, 0.717) is 11.4 Å². The lowest BCUT2D eigenvalue weighted by Gasteiger charge is -2.45. The summed E-state index contributed by atoms with van der Waals surface area (Å²) in [4.78, 5) is 38.2.